The van der Waals surface area contributed by atoms with Gasteiger partial charge in [0.05, 0.1) is 0 Å². The first-order valence-corrected chi connectivity index (χ1v) is 12.4. The highest BCUT2D eigenvalue weighted by atomic mass is 16.5. The Morgan fingerprint density at radius 3 is 1.38 bits per heavy atom. The van der Waals surface area contributed by atoms with Crippen LogP contribution < -0.4 is 9.47 Å². The van der Waals surface area contributed by atoms with Gasteiger partial charge in [-0.15, -0.1) is 0 Å². The van der Waals surface area contributed by atoms with E-state index in [4.69, 9.17) is 9.47 Å². The van der Waals surface area contributed by atoms with E-state index in [0.29, 0.717) is 0 Å². The van der Waals surface area contributed by atoms with E-state index in [1.165, 1.54) is 48.0 Å². The van der Waals surface area contributed by atoms with E-state index < -0.39 is 0 Å². The van der Waals surface area contributed by atoms with Crippen LogP contribution in [0.3, 0.4) is 0 Å². The van der Waals surface area contributed by atoms with Gasteiger partial charge >= 0.3 is 0 Å². The molecule has 2 aliphatic carbocycles. The molecule has 0 radical (unpaired) electrons. The minimum Gasteiger partial charge on any atom is -0.486 e. The first kappa shape index (κ1) is 22.5. The van der Waals surface area contributed by atoms with E-state index in [0.717, 1.165) is 37.2 Å². The van der Waals surface area contributed by atoms with E-state index in [-0.39, 0.29) is 12.2 Å². The van der Waals surface area contributed by atoms with Crippen LogP contribution in [0.2, 0.25) is 0 Å². The maximum absolute atomic E-state index is 6.15. The van der Waals surface area contributed by atoms with Crippen LogP contribution in [0.25, 0.3) is 11.1 Å². The van der Waals surface area contributed by atoms with Crippen LogP contribution in [0.15, 0.2) is 72.8 Å². The average molecular weight is 429 g/mol. The van der Waals surface area contributed by atoms with Crippen molar-refractivity contribution in [1.82, 2.24) is 0 Å². The first-order chi connectivity index (χ1) is 15.8. The van der Waals surface area contributed by atoms with Crippen molar-refractivity contribution in [1.29, 1.82) is 0 Å². The van der Waals surface area contributed by atoms with Gasteiger partial charge in [-0.3, -0.25) is 0 Å². The molecular weight excluding hydrogens is 392 g/mol. The molecule has 4 rings (SSSR count). The van der Waals surface area contributed by atoms with Crippen LogP contribution in [0.1, 0.15) is 76.3 Å². The highest BCUT2D eigenvalue weighted by molar-refractivity contribution is 5.90. The van der Waals surface area contributed by atoms with E-state index >= 15 is 0 Å². The van der Waals surface area contributed by atoms with Crippen molar-refractivity contribution in [3.8, 4) is 11.5 Å². The van der Waals surface area contributed by atoms with Crippen molar-refractivity contribution in [2.75, 3.05) is 0 Å². The molecule has 2 unspecified atom stereocenters. The van der Waals surface area contributed by atoms with E-state index in [2.05, 4.69) is 86.7 Å². The van der Waals surface area contributed by atoms with Gasteiger partial charge in [0, 0.05) is 0 Å². The third-order valence-electron chi connectivity index (χ3n) is 6.47. The highest BCUT2D eigenvalue weighted by Gasteiger charge is 2.13. The van der Waals surface area contributed by atoms with Crippen LogP contribution in [0.4, 0.5) is 0 Å². The summed E-state index contributed by atoms with van der Waals surface area (Å²) in [7, 11) is 0. The predicted octanol–water partition coefficient (Wildman–Crippen LogP) is 8.39. The number of benzene rings is 2. The van der Waals surface area contributed by atoms with Crippen molar-refractivity contribution < 1.29 is 9.47 Å². The molecule has 0 aliphatic heterocycles. The summed E-state index contributed by atoms with van der Waals surface area (Å²) < 4.78 is 12.3. The molecule has 0 N–H and O–H groups in total. The van der Waals surface area contributed by atoms with E-state index in [1.54, 1.807) is 0 Å². The van der Waals surface area contributed by atoms with Crippen LogP contribution in [-0.2, 0) is 0 Å². The van der Waals surface area contributed by atoms with Gasteiger partial charge in [-0.05, 0) is 110 Å². The molecular formula is C30H36O2. The van der Waals surface area contributed by atoms with E-state index in [1.807, 2.05) is 0 Å². The van der Waals surface area contributed by atoms with Gasteiger partial charge in [0.15, 0.2) is 0 Å². The van der Waals surface area contributed by atoms with Gasteiger partial charge in [0.25, 0.3) is 0 Å². The summed E-state index contributed by atoms with van der Waals surface area (Å²) in [5.41, 5.74) is 5.37. The second kappa shape index (κ2) is 11.2. The number of allylic oxidation sites excluding steroid dienone is 4. The van der Waals surface area contributed by atoms with Gasteiger partial charge < -0.3 is 9.47 Å². The van der Waals surface area contributed by atoms with Gasteiger partial charge in [0.1, 0.15) is 23.7 Å². The Kier molecular flexibility index (Phi) is 7.87. The van der Waals surface area contributed by atoms with Crippen molar-refractivity contribution in [3.63, 3.8) is 0 Å². The molecule has 0 saturated carbocycles. The fourth-order valence-electron chi connectivity index (χ4n) is 4.76. The average Bonchev–Trinajstić information content (AvgIpc) is 2.85. The Morgan fingerprint density at radius 2 is 1.06 bits per heavy atom. The topological polar surface area (TPSA) is 18.5 Å². The number of rotatable bonds is 8. The lowest BCUT2D eigenvalue weighted by Gasteiger charge is -2.20. The SMILES string of the molecule is CC/C(=C(/CC)c1ccc(OC2C=CCCC2)cc1)c1ccc(OC2C=CCCC2)cc1. The molecule has 2 nitrogen and oxygen atoms in total. The predicted molar refractivity (Wildman–Crippen MR) is 135 cm³/mol. The molecule has 0 bridgehead atoms. The van der Waals surface area contributed by atoms with Crippen LogP contribution in [-0.4, -0.2) is 12.2 Å². The first-order valence-electron chi connectivity index (χ1n) is 12.4. The Balaban J connectivity index is 1.50. The van der Waals surface area contributed by atoms with Crippen molar-refractivity contribution in [2.24, 2.45) is 0 Å². The monoisotopic (exact) mass is 428 g/mol. The minimum atomic E-state index is 0.215. The second-order valence-corrected chi connectivity index (χ2v) is 8.74. The third-order valence-corrected chi connectivity index (χ3v) is 6.47. The summed E-state index contributed by atoms with van der Waals surface area (Å²) in [5.74, 6) is 1.91. The molecule has 168 valence electrons. The van der Waals surface area contributed by atoms with Gasteiger partial charge in [-0.1, -0.05) is 50.3 Å². The molecule has 2 aromatic carbocycles. The number of hydrogen-bond acceptors (Lipinski definition) is 2. The molecule has 0 amide bonds. The summed E-state index contributed by atoms with van der Waals surface area (Å²) in [4.78, 5) is 0. The van der Waals surface area contributed by atoms with Gasteiger partial charge in [-0.2, -0.15) is 0 Å². The highest BCUT2D eigenvalue weighted by Crippen LogP contribution is 2.33. The summed E-state index contributed by atoms with van der Waals surface area (Å²) in [6, 6.07) is 17.3. The smallest absolute Gasteiger partial charge is 0.120 e. The lowest BCUT2D eigenvalue weighted by atomic mass is 9.91. The second-order valence-electron chi connectivity index (χ2n) is 8.74. The van der Waals surface area contributed by atoms with Crippen LogP contribution in [0.5, 0.6) is 11.5 Å². The van der Waals surface area contributed by atoms with Gasteiger partial charge in [-0.25, -0.2) is 0 Å². The molecule has 2 atom stereocenters. The molecule has 0 aromatic heterocycles. The molecule has 0 fully saturated rings. The Hall–Kier alpha value is -2.74. The Labute approximate surface area is 193 Å². The van der Waals surface area contributed by atoms with E-state index in [9.17, 15) is 0 Å². The maximum Gasteiger partial charge on any atom is 0.120 e. The lowest BCUT2D eigenvalue weighted by molar-refractivity contribution is 0.229. The fourth-order valence-corrected chi connectivity index (χ4v) is 4.76. The van der Waals surface area contributed by atoms with Crippen LogP contribution in [0, 0.1) is 0 Å². The maximum atomic E-state index is 6.15. The Morgan fingerprint density at radius 1 is 0.656 bits per heavy atom. The molecule has 0 spiro atoms. The number of ether oxygens (including phenoxy) is 2. The Bertz CT molecular complexity index is 868. The molecule has 0 saturated heterocycles. The van der Waals surface area contributed by atoms with Crippen LogP contribution >= 0.6 is 0 Å². The normalized spacial score (nSPS) is 21.2. The molecule has 32 heavy (non-hydrogen) atoms. The summed E-state index contributed by atoms with van der Waals surface area (Å²) in [5, 5.41) is 0. The standard InChI is InChI=1S/C30H36O2/c1-3-29(23-15-19-27(20-16-23)31-25-11-7-5-8-12-25)30(4-2)24-17-21-28(22-18-24)32-26-13-9-6-10-14-26/h7,9,11,13,15-22,25-26H,3-6,8,10,12,14H2,1-2H3/b30-29+. The summed E-state index contributed by atoms with van der Waals surface area (Å²) in [6.45, 7) is 4.49. The zero-order valence-electron chi connectivity index (χ0n) is 19.6. The number of hydrogen-bond donors (Lipinski definition) is 0. The molecule has 2 aliphatic rings. The third kappa shape index (κ3) is 5.73. The summed E-state index contributed by atoms with van der Waals surface area (Å²) >= 11 is 0. The molecule has 2 aromatic rings. The fraction of sp³-hybridized carbons (Fsp3) is 0.400. The lowest BCUT2D eigenvalue weighted by Crippen LogP contribution is -2.15. The largest absolute Gasteiger partial charge is 0.486 e. The minimum absolute atomic E-state index is 0.215. The molecule has 0 heterocycles. The molecule has 2 heteroatoms. The zero-order valence-corrected chi connectivity index (χ0v) is 19.6. The van der Waals surface area contributed by atoms with Crippen molar-refractivity contribution in [3.05, 3.63) is 84.0 Å². The quantitative estimate of drug-likeness (QED) is 0.310. The summed E-state index contributed by atoms with van der Waals surface area (Å²) in [6.07, 6.45) is 18.3. The van der Waals surface area contributed by atoms with Crippen molar-refractivity contribution >= 4 is 11.1 Å². The zero-order chi connectivity index (χ0) is 22.2. The van der Waals surface area contributed by atoms with Crippen molar-refractivity contribution in [2.45, 2.75) is 77.4 Å². The van der Waals surface area contributed by atoms with Gasteiger partial charge in [0.2, 0.25) is 0 Å².